The van der Waals surface area contributed by atoms with Crippen LogP contribution in [0.5, 0.6) is 0 Å². The Morgan fingerprint density at radius 3 is 2.44 bits per heavy atom. The highest BCUT2D eigenvalue weighted by Gasteiger charge is 2.55. The van der Waals surface area contributed by atoms with Crippen molar-refractivity contribution < 1.29 is 9.90 Å². The van der Waals surface area contributed by atoms with Gasteiger partial charge in [-0.3, -0.25) is 4.79 Å². The van der Waals surface area contributed by atoms with E-state index in [1.165, 1.54) is 6.42 Å². The van der Waals surface area contributed by atoms with Crippen LogP contribution < -0.4 is 5.32 Å². The lowest BCUT2D eigenvalue weighted by atomic mass is 9.73. The van der Waals surface area contributed by atoms with Gasteiger partial charge in [0.15, 0.2) is 5.60 Å². The Hall–Kier alpha value is -1.10. The third kappa shape index (κ3) is 3.20. The monoisotopic (exact) mass is 362 g/mol. The first-order valence-corrected chi connectivity index (χ1v) is 9.91. The van der Waals surface area contributed by atoms with E-state index < -0.39 is 5.60 Å². The number of hydrogen-bond acceptors (Lipinski definition) is 3. The van der Waals surface area contributed by atoms with Gasteiger partial charge in [-0.05, 0) is 47.9 Å². The molecule has 1 saturated heterocycles. The molecule has 136 valence electrons. The summed E-state index contributed by atoms with van der Waals surface area (Å²) in [5, 5.41) is 14.6. The van der Waals surface area contributed by atoms with Crippen molar-refractivity contribution in [3.63, 3.8) is 0 Å². The van der Waals surface area contributed by atoms with Crippen molar-refractivity contribution >= 4 is 17.7 Å². The quantitative estimate of drug-likeness (QED) is 0.792. The molecule has 0 radical (unpaired) electrons. The molecule has 3 unspecified atom stereocenters. The van der Waals surface area contributed by atoms with Crippen molar-refractivity contribution in [3.8, 4) is 0 Å². The van der Waals surface area contributed by atoms with Gasteiger partial charge < -0.3 is 10.4 Å². The van der Waals surface area contributed by atoms with E-state index in [9.17, 15) is 9.90 Å². The molecule has 5 heteroatoms. The zero-order valence-electron chi connectivity index (χ0n) is 14.5. The smallest absolute Gasteiger partial charge is 0.256 e. The second-order valence-corrected chi connectivity index (χ2v) is 8.47. The molecule has 2 aliphatic carbocycles. The predicted molar refractivity (Wildman–Crippen MR) is 97.8 cm³/mol. The molecule has 1 amide bonds. The minimum absolute atomic E-state index is 0.000635. The van der Waals surface area contributed by atoms with Crippen LogP contribution in [-0.2, 0) is 10.4 Å². The van der Waals surface area contributed by atoms with Crippen LogP contribution in [-0.4, -0.2) is 35.1 Å². The number of benzene rings is 1. The maximum atomic E-state index is 13.1. The zero-order chi connectivity index (χ0) is 17.4. The first kappa shape index (κ1) is 17.3. The highest BCUT2D eigenvalue weighted by Crippen LogP contribution is 2.51. The Bertz CT molecular complexity index is 607. The van der Waals surface area contributed by atoms with Crippen LogP contribution in [0.1, 0.15) is 37.7 Å². The number of hydrogen-bond donors (Lipinski definition) is 2. The van der Waals surface area contributed by atoms with Gasteiger partial charge in [0, 0.05) is 25.6 Å². The van der Waals surface area contributed by atoms with Gasteiger partial charge >= 0.3 is 0 Å². The number of rotatable bonds is 5. The van der Waals surface area contributed by atoms with E-state index in [4.69, 9.17) is 11.8 Å². The molecule has 0 spiro atoms. The minimum Gasteiger partial charge on any atom is -0.375 e. The number of piperidine rings is 1. The fourth-order valence-corrected chi connectivity index (χ4v) is 5.33. The van der Waals surface area contributed by atoms with E-state index in [0.29, 0.717) is 24.3 Å². The van der Waals surface area contributed by atoms with E-state index in [1.54, 1.807) is 0 Å². The van der Waals surface area contributed by atoms with Crippen molar-refractivity contribution in [3.05, 3.63) is 35.9 Å². The minimum atomic E-state index is -1.41. The summed E-state index contributed by atoms with van der Waals surface area (Å²) in [4.78, 5) is 13.1. The molecular weight excluding hydrogens is 336 g/mol. The molecule has 1 aliphatic heterocycles. The SMILES string of the molecule is O=C(NCC1C2CN(Cl)C[C@H]12)C(O)(c1ccccc1)C1CCCCC1. The second-order valence-electron chi connectivity index (χ2n) is 8.00. The first-order chi connectivity index (χ1) is 12.1. The number of carbonyl (C=O) groups is 1. The molecule has 4 rings (SSSR count). The van der Waals surface area contributed by atoms with E-state index in [0.717, 1.165) is 44.3 Å². The Morgan fingerprint density at radius 1 is 1.16 bits per heavy atom. The number of halogens is 1. The summed E-state index contributed by atoms with van der Waals surface area (Å²) in [6.45, 7) is 2.48. The summed E-state index contributed by atoms with van der Waals surface area (Å²) in [6, 6.07) is 9.48. The average molecular weight is 363 g/mol. The molecule has 3 fully saturated rings. The van der Waals surface area contributed by atoms with Crippen molar-refractivity contribution in [2.24, 2.45) is 23.7 Å². The van der Waals surface area contributed by atoms with Crippen LogP contribution in [0.15, 0.2) is 30.3 Å². The lowest BCUT2D eigenvalue weighted by Gasteiger charge is -2.37. The van der Waals surface area contributed by atoms with Crippen molar-refractivity contribution in [1.82, 2.24) is 9.74 Å². The fourth-order valence-electron chi connectivity index (χ4n) is 5.01. The molecule has 4 atom stereocenters. The number of amides is 1. The molecule has 25 heavy (non-hydrogen) atoms. The average Bonchev–Trinajstić information content (AvgIpc) is 3.12. The lowest BCUT2D eigenvalue weighted by Crippen LogP contribution is -2.50. The molecule has 1 aromatic carbocycles. The molecule has 1 heterocycles. The van der Waals surface area contributed by atoms with E-state index in [1.807, 2.05) is 34.8 Å². The number of carbonyl (C=O) groups excluding carboxylic acids is 1. The van der Waals surface area contributed by atoms with Crippen LogP contribution >= 0.6 is 11.8 Å². The normalized spacial score (nSPS) is 32.0. The summed E-state index contributed by atoms with van der Waals surface area (Å²) in [5.41, 5.74) is -0.688. The molecular formula is C20H27ClN2O2. The Kier molecular flexibility index (Phi) is 4.78. The van der Waals surface area contributed by atoms with Crippen LogP contribution in [0.4, 0.5) is 0 Å². The number of aliphatic hydroxyl groups is 1. The van der Waals surface area contributed by atoms with Gasteiger partial charge in [-0.25, -0.2) is 4.42 Å². The van der Waals surface area contributed by atoms with Gasteiger partial charge in [-0.1, -0.05) is 49.6 Å². The third-order valence-corrected chi connectivity index (χ3v) is 6.86. The van der Waals surface area contributed by atoms with Crippen LogP contribution in [0.25, 0.3) is 0 Å². The maximum Gasteiger partial charge on any atom is 0.256 e. The molecule has 3 aliphatic rings. The molecule has 2 N–H and O–H groups in total. The molecule has 1 aromatic rings. The van der Waals surface area contributed by atoms with Gasteiger partial charge in [0.1, 0.15) is 0 Å². The zero-order valence-corrected chi connectivity index (χ0v) is 15.3. The Balaban J connectivity index is 1.47. The Morgan fingerprint density at radius 2 is 1.80 bits per heavy atom. The lowest BCUT2D eigenvalue weighted by molar-refractivity contribution is -0.149. The first-order valence-electron chi connectivity index (χ1n) is 9.57. The highest BCUT2D eigenvalue weighted by molar-refractivity contribution is 6.13. The Labute approximate surface area is 154 Å². The highest BCUT2D eigenvalue weighted by atomic mass is 35.5. The van der Waals surface area contributed by atoms with Crippen LogP contribution in [0.2, 0.25) is 0 Å². The van der Waals surface area contributed by atoms with Crippen molar-refractivity contribution in [1.29, 1.82) is 0 Å². The van der Waals surface area contributed by atoms with E-state index >= 15 is 0 Å². The van der Waals surface area contributed by atoms with E-state index in [2.05, 4.69) is 5.32 Å². The number of nitrogens with zero attached hydrogens (tertiary/aromatic N) is 1. The summed E-state index contributed by atoms with van der Waals surface area (Å²) in [5.74, 6) is 1.51. The second kappa shape index (κ2) is 6.90. The fraction of sp³-hybridized carbons (Fsp3) is 0.650. The van der Waals surface area contributed by atoms with Crippen LogP contribution in [0.3, 0.4) is 0 Å². The molecule has 2 saturated carbocycles. The van der Waals surface area contributed by atoms with Crippen LogP contribution in [0, 0.1) is 23.7 Å². The largest absolute Gasteiger partial charge is 0.375 e. The molecule has 0 bridgehead atoms. The number of fused-ring (bicyclic) bond motifs is 1. The van der Waals surface area contributed by atoms with Gasteiger partial charge in [0.25, 0.3) is 5.91 Å². The van der Waals surface area contributed by atoms with Crippen molar-refractivity contribution in [2.75, 3.05) is 19.6 Å². The van der Waals surface area contributed by atoms with Gasteiger partial charge in [-0.2, -0.15) is 0 Å². The number of nitrogens with one attached hydrogen (secondary N) is 1. The topological polar surface area (TPSA) is 52.6 Å². The molecule has 0 aromatic heterocycles. The third-order valence-electron chi connectivity index (χ3n) is 6.58. The van der Waals surface area contributed by atoms with Crippen molar-refractivity contribution in [2.45, 2.75) is 37.7 Å². The maximum absolute atomic E-state index is 13.1. The summed E-state index contributed by atoms with van der Waals surface area (Å²) in [6.07, 6.45) is 5.20. The summed E-state index contributed by atoms with van der Waals surface area (Å²) in [7, 11) is 0. The van der Waals surface area contributed by atoms with Gasteiger partial charge in [0.05, 0.1) is 0 Å². The van der Waals surface area contributed by atoms with Gasteiger partial charge in [0.2, 0.25) is 0 Å². The van der Waals surface area contributed by atoms with E-state index in [-0.39, 0.29) is 11.8 Å². The summed E-state index contributed by atoms with van der Waals surface area (Å²) < 4.78 is 1.84. The predicted octanol–water partition coefficient (Wildman–Crippen LogP) is 2.90. The standard InChI is InChI=1S/C20H27ClN2O2/c21-23-12-17-16(18(17)13-23)11-22-19(24)20(25,14-7-3-1-4-8-14)15-9-5-2-6-10-15/h1,3-4,7-8,15-18,25H,2,5-6,9-13H2,(H,22,24)/t16?,17-,18?,20?/m1/s1. The van der Waals surface area contributed by atoms with Gasteiger partial charge in [-0.15, -0.1) is 0 Å². The molecule has 4 nitrogen and oxygen atoms in total. The summed E-state index contributed by atoms with van der Waals surface area (Å²) >= 11 is 6.03.